The quantitative estimate of drug-likeness (QED) is 0.168. The molecule has 0 fully saturated rings. The summed E-state index contributed by atoms with van der Waals surface area (Å²) < 4.78 is 0. The molecule has 0 unspecified atom stereocenters. The molecule has 13 rings (SSSR count). The molecule has 6 aromatic carbocycles. The van der Waals surface area contributed by atoms with E-state index in [4.69, 9.17) is 15.0 Å². The van der Waals surface area contributed by atoms with Gasteiger partial charge in [-0.25, -0.2) is 15.0 Å². The number of benzene rings is 6. The first kappa shape index (κ1) is 33.1. The van der Waals surface area contributed by atoms with Gasteiger partial charge in [0.25, 0.3) is 13.4 Å². The van der Waals surface area contributed by atoms with Gasteiger partial charge >= 0.3 is 0 Å². The number of rotatable bonds is 4. The van der Waals surface area contributed by atoms with Gasteiger partial charge in [-0.1, -0.05) is 103 Å². The summed E-state index contributed by atoms with van der Waals surface area (Å²) in [7, 11) is 0. The lowest BCUT2D eigenvalue weighted by atomic mass is 9.30. The molecule has 7 nitrogen and oxygen atoms in total. The predicted molar refractivity (Wildman–Crippen MR) is 248 cm³/mol. The lowest BCUT2D eigenvalue weighted by Crippen LogP contribution is -2.65. The molecular weight excluding hydrogens is 732 g/mol. The highest BCUT2D eigenvalue weighted by molar-refractivity contribution is 7.03. The molecule has 9 heteroatoms. The van der Waals surface area contributed by atoms with Crippen molar-refractivity contribution in [3.8, 4) is 0 Å². The number of para-hydroxylation sites is 5. The zero-order valence-electron chi connectivity index (χ0n) is 32.3. The van der Waals surface area contributed by atoms with E-state index >= 15 is 0 Å². The Morgan fingerprint density at radius 1 is 0.283 bits per heavy atom. The molecule has 0 atom stereocenters. The molecule has 0 saturated carbocycles. The van der Waals surface area contributed by atoms with Crippen molar-refractivity contribution in [3.05, 3.63) is 201 Å². The topological polar surface area (TPSA) is 51.6 Å². The number of pyridine rings is 3. The Balaban J connectivity index is 1.14. The van der Waals surface area contributed by atoms with Gasteiger partial charge in [-0.2, -0.15) is 0 Å². The maximum atomic E-state index is 5.27. The fourth-order valence-electron chi connectivity index (χ4n) is 10.2. The van der Waals surface area contributed by atoms with Crippen molar-refractivity contribution in [2.45, 2.75) is 0 Å². The summed E-state index contributed by atoms with van der Waals surface area (Å²) in [5.41, 5.74) is 17.0. The molecule has 7 heterocycles. The largest absolute Gasteiger partial charge is 0.311 e. The monoisotopic (exact) mass is 765 g/mol. The molecule has 0 aliphatic carbocycles. The van der Waals surface area contributed by atoms with Crippen LogP contribution in [0.15, 0.2) is 201 Å². The number of fused-ring (bicyclic) bond motifs is 8. The van der Waals surface area contributed by atoms with Crippen molar-refractivity contribution in [1.29, 1.82) is 0 Å². The number of aromatic nitrogens is 3. The Morgan fingerprint density at radius 2 is 0.700 bits per heavy atom. The smallest absolute Gasteiger partial charge is 0.256 e. The van der Waals surface area contributed by atoms with E-state index in [1.165, 1.54) is 21.9 Å². The van der Waals surface area contributed by atoms with Crippen LogP contribution in [0.2, 0.25) is 0 Å². The SMILES string of the molecule is c1ccc(N2c3cc4c(cc3B3c5ccccc5N(c5ccccc5)c5nccc2c53)B2c3cccnc3N(c3ccccc3)c3ccnc(c32)N4c2ccccc2)cc1. The van der Waals surface area contributed by atoms with Crippen LogP contribution < -0.4 is 52.4 Å². The second-order valence-corrected chi connectivity index (χ2v) is 15.6. The minimum Gasteiger partial charge on any atom is -0.311 e. The van der Waals surface area contributed by atoms with Crippen molar-refractivity contribution in [2.24, 2.45) is 0 Å². The molecule has 0 radical (unpaired) electrons. The minimum absolute atomic E-state index is 0.0853. The highest BCUT2D eigenvalue weighted by Gasteiger charge is 2.49. The number of hydrogen-bond acceptors (Lipinski definition) is 7. The Bertz CT molecular complexity index is 2940. The first-order valence-corrected chi connectivity index (χ1v) is 20.4. The van der Waals surface area contributed by atoms with E-state index in [1.807, 2.05) is 18.6 Å². The lowest BCUT2D eigenvalue weighted by molar-refractivity contribution is 1.14. The van der Waals surface area contributed by atoms with Crippen LogP contribution in [-0.2, 0) is 0 Å². The Kier molecular flexibility index (Phi) is 7.06. The van der Waals surface area contributed by atoms with Crippen molar-refractivity contribution < 1.29 is 0 Å². The third-order valence-electron chi connectivity index (χ3n) is 12.5. The van der Waals surface area contributed by atoms with Crippen molar-refractivity contribution >= 4 is 115 Å². The standard InChI is InChI=1S/C51H33B2N7/c1-5-16-34(17-6-1)57-43-27-30-55-50-47(43)52(38-24-13-14-26-42(38)58(50)35-18-7-2-8-19-35)40-32-41-46(33-45(40)57)60(37-22-11-4-12-23-37)51-48-44(28-31-56-51)59(36-20-9-3-10-21-36)49-39(53(41)48)25-15-29-54-49/h1-33H. The van der Waals surface area contributed by atoms with Crippen molar-refractivity contribution in [1.82, 2.24) is 15.0 Å². The maximum Gasteiger partial charge on any atom is 0.256 e. The van der Waals surface area contributed by atoms with Crippen LogP contribution in [-0.4, -0.2) is 28.4 Å². The van der Waals surface area contributed by atoms with Crippen LogP contribution in [0, 0.1) is 0 Å². The molecule has 9 aromatic rings. The van der Waals surface area contributed by atoms with Crippen LogP contribution in [0.5, 0.6) is 0 Å². The maximum absolute atomic E-state index is 5.27. The molecule has 3 aromatic heterocycles. The molecule has 60 heavy (non-hydrogen) atoms. The van der Waals surface area contributed by atoms with Crippen LogP contribution in [0.4, 0.5) is 68.6 Å². The molecule has 278 valence electrons. The highest BCUT2D eigenvalue weighted by Crippen LogP contribution is 2.47. The Hall–Kier alpha value is -7.90. The van der Waals surface area contributed by atoms with E-state index in [0.29, 0.717) is 0 Å². The third-order valence-corrected chi connectivity index (χ3v) is 12.5. The zero-order valence-corrected chi connectivity index (χ0v) is 32.3. The molecule has 4 aliphatic heterocycles. The van der Waals surface area contributed by atoms with Gasteiger partial charge in [0.05, 0.1) is 0 Å². The Morgan fingerprint density at radius 3 is 1.28 bits per heavy atom. The third kappa shape index (κ3) is 4.60. The van der Waals surface area contributed by atoms with E-state index in [0.717, 1.165) is 79.6 Å². The summed E-state index contributed by atoms with van der Waals surface area (Å²) in [4.78, 5) is 25.1. The van der Waals surface area contributed by atoms with Gasteiger partial charge in [-0.3, -0.25) is 14.7 Å². The summed E-state index contributed by atoms with van der Waals surface area (Å²) in [5, 5.41) is 0. The molecular formula is C51H33B2N7. The van der Waals surface area contributed by atoms with Gasteiger partial charge < -0.3 is 4.90 Å². The lowest BCUT2D eigenvalue weighted by Gasteiger charge is -2.46. The van der Waals surface area contributed by atoms with Gasteiger partial charge in [0.15, 0.2) is 0 Å². The fourth-order valence-corrected chi connectivity index (χ4v) is 10.2. The van der Waals surface area contributed by atoms with Gasteiger partial charge in [0.2, 0.25) is 0 Å². The Labute approximate surface area is 348 Å². The predicted octanol–water partition coefficient (Wildman–Crippen LogP) is 8.04. The van der Waals surface area contributed by atoms with Crippen LogP contribution in [0.3, 0.4) is 0 Å². The molecule has 0 N–H and O–H groups in total. The number of anilines is 12. The molecule has 0 bridgehead atoms. The van der Waals surface area contributed by atoms with Gasteiger partial charge in [0, 0.05) is 69.8 Å². The van der Waals surface area contributed by atoms with Crippen LogP contribution >= 0.6 is 0 Å². The number of nitrogens with zero attached hydrogens (tertiary/aromatic N) is 7. The average molecular weight is 765 g/mol. The summed E-state index contributed by atoms with van der Waals surface area (Å²) >= 11 is 0. The fraction of sp³-hybridized carbons (Fsp3) is 0. The summed E-state index contributed by atoms with van der Waals surface area (Å²) in [5.74, 6) is 2.79. The van der Waals surface area contributed by atoms with Gasteiger partial charge in [-0.15, -0.1) is 0 Å². The second-order valence-electron chi connectivity index (χ2n) is 15.6. The minimum atomic E-state index is -0.132. The molecule has 4 aliphatic rings. The molecule has 0 spiro atoms. The first-order chi connectivity index (χ1) is 29.8. The van der Waals surface area contributed by atoms with E-state index in [-0.39, 0.29) is 13.4 Å². The number of hydrogen-bond donors (Lipinski definition) is 0. The second kappa shape index (κ2) is 12.8. The van der Waals surface area contributed by atoms with Crippen molar-refractivity contribution in [3.63, 3.8) is 0 Å². The normalized spacial score (nSPS) is 13.8. The van der Waals surface area contributed by atoms with Crippen LogP contribution in [0.25, 0.3) is 0 Å². The van der Waals surface area contributed by atoms with Crippen molar-refractivity contribution in [2.75, 3.05) is 19.6 Å². The van der Waals surface area contributed by atoms with Gasteiger partial charge in [-0.05, 0) is 112 Å². The van der Waals surface area contributed by atoms with Gasteiger partial charge in [0.1, 0.15) is 17.5 Å². The molecule has 0 amide bonds. The zero-order chi connectivity index (χ0) is 39.3. The summed E-state index contributed by atoms with van der Waals surface area (Å²) in [6.07, 6.45) is 5.83. The summed E-state index contributed by atoms with van der Waals surface area (Å²) in [6, 6.07) is 65.1. The summed E-state index contributed by atoms with van der Waals surface area (Å²) in [6.45, 7) is -0.218. The van der Waals surface area contributed by atoms with E-state index in [1.54, 1.807) is 0 Å². The van der Waals surface area contributed by atoms with E-state index in [2.05, 4.69) is 202 Å². The van der Waals surface area contributed by atoms with Crippen LogP contribution in [0.1, 0.15) is 0 Å². The average Bonchev–Trinajstić information content (AvgIpc) is 3.32. The molecule has 0 saturated heterocycles. The van der Waals surface area contributed by atoms with E-state index in [9.17, 15) is 0 Å². The first-order valence-electron chi connectivity index (χ1n) is 20.4. The highest BCUT2D eigenvalue weighted by atomic mass is 15.3. The van der Waals surface area contributed by atoms with E-state index < -0.39 is 0 Å².